The van der Waals surface area contributed by atoms with E-state index in [1.54, 1.807) is 0 Å². The molecule has 1 N–H and O–H groups in total. The van der Waals surface area contributed by atoms with Gasteiger partial charge in [-0.2, -0.15) is 0 Å². The molecule has 4 aliphatic rings. The van der Waals surface area contributed by atoms with Crippen molar-refractivity contribution in [2.24, 2.45) is 29.1 Å². The molecule has 0 aromatic heterocycles. The highest BCUT2D eigenvalue weighted by Crippen LogP contribution is 2.65. The molecule has 0 saturated heterocycles. The minimum atomic E-state index is -0.719. The molecule has 7 atom stereocenters. The van der Waals surface area contributed by atoms with Gasteiger partial charge in [0.2, 0.25) is 0 Å². The fourth-order valence-corrected chi connectivity index (χ4v) is 7.69. The second kappa shape index (κ2) is 8.70. The number of fused-ring (bicyclic) bond motifs is 5. The van der Waals surface area contributed by atoms with Crippen molar-refractivity contribution >= 4 is 5.97 Å². The van der Waals surface area contributed by atoms with Gasteiger partial charge < -0.3 is 9.84 Å². The molecule has 3 fully saturated rings. The lowest BCUT2D eigenvalue weighted by Gasteiger charge is -2.55. The van der Waals surface area contributed by atoms with Crippen LogP contribution in [0.2, 0.25) is 0 Å². The summed E-state index contributed by atoms with van der Waals surface area (Å²) >= 11 is 0. The summed E-state index contributed by atoms with van der Waals surface area (Å²) in [4.78, 5) is 12.7. The molecule has 0 bridgehead atoms. The minimum Gasteiger partial charge on any atom is -0.445 e. The Bertz CT molecular complexity index is 718. The second-order valence-corrected chi connectivity index (χ2v) is 10.7. The molecular formula is C27H40O3. The van der Waals surface area contributed by atoms with Gasteiger partial charge in [0.25, 0.3) is 0 Å². The van der Waals surface area contributed by atoms with Crippen LogP contribution in [0.5, 0.6) is 0 Å². The average molecular weight is 413 g/mol. The number of aliphatic hydroxyl groups is 1. The Morgan fingerprint density at radius 3 is 2.77 bits per heavy atom. The summed E-state index contributed by atoms with van der Waals surface area (Å²) in [5.74, 6) is 5.52. The molecule has 4 rings (SSSR count). The summed E-state index contributed by atoms with van der Waals surface area (Å²) in [6.07, 6.45) is 21.3. The Kier molecular flexibility index (Phi) is 6.36. The van der Waals surface area contributed by atoms with E-state index in [0.717, 1.165) is 51.4 Å². The Morgan fingerprint density at radius 2 is 2.00 bits per heavy atom. The molecule has 0 amide bonds. The molecule has 0 aliphatic heterocycles. The molecule has 1 unspecified atom stereocenters. The monoisotopic (exact) mass is 412 g/mol. The van der Waals surface area contributed by atoms with E-state index in [-0.39, 0.29) is 17.5 Å². The average Bonchev–Trinajstić information content (AvgIpc) is 3.03. The zero-order chi connectivity index (χ0) is 21.4. The van der Waals surface area contributed by atoms with Gasteiger partial charge in [-0.25, -0.2) is 0 Å². The van der Waals surface area contributed by atoms with Crippen molar-refractivity contribution in [1.82, 2.24) is 0 Å². The highest BCUT2D eigenvalue weighted by atomic mass is 16.6. The highest BCUT2D eigenvalue weighted by molar-refractivity contribution is 5.70. The topological polar surface area (TPSA) is 46.5 Å². The van der Waals surface area contributed by atoms with E-state index in [9.17, 15) is 9.90 Å². The van der Waals surface area contributed by atoms with Gasteiger partial charge >= 0.3 is 5.97 Å². The van der Waals surface area contributed by atoms with E-state index in [2.05, 4.69) is 25.8 Å². The zero-order valence-corrected chi connectivity index (χ0v) is 19.0. The van der Waals surface area contributed by atoms with Crippen molar-refractivity contribution < 1.29 is 14.6 Å². The van der Waals surface area contributed by atoms with Crippen molar-refractivity contribution in [2.45, 2.75) is 109 Å². The molecule has 3 nitrogen and oxygen atoms in total. The number of allylic oxidation sites excluding steroid dienone is 1. The third-order valence-electron chi connectivity index (χ3n) is 9.31. The number of rotatable bonds is 6. The number of unbranched alkanes of at least 4 members (excludes halogenated alkanes) is 3. The van der Waals surface area contributed by atoms with Gasteiger partial charge in [-0.15, -0.1) is 6.42 Å². The number of esters is 1. The van der Waals surface area contributed by atoms with Crippen LogP contribution in [0.1, 0.15) is 97.3 Å². The van der Waals surface area contributed by atoms with Gasteiger partial charge in [0.15, 0.2) is 5.60 Å². The minimum absolute atomic E-state index is 0.0943. The second-order valence-electron chi connectivity index (χ2n) is 10.7. The molecule has 0 spiro atoms. The van der Waals surface area contributed by atoms with Crippen LogP contribution < -0.4 is 0 Å². The third-order valence-corrected chi connectivity index (χ3v) is 9.31. The van der Waals surface area contributed by atoms with Crippen molar-refractivity contribution in [1.29, 1.82) is 0 Å². The van der Waals surface area contributed by atoms with E-state index >= 15 is 0 Å². The maximum absolute atomic E-state index is 12.7. The van der Waals surface area contributed by atoms with E-state index in [1.165, 1.54) is 31.3 Å². The number of carbonyl (C=O) groups is 1. The number of carbonyl (C=O) groups excluding carboxylic acids is 1. The smallest absolute Gasteiger partial charge is 0.307 e. The highest BCUT2D eigenvalue weighted by Gasteiger charge is 2.64. The third kappa shape index (κ3) is 3.64. The van der Waals surface area contributed by atoms with Gasteiger partial charge in [0, 0.05) is 11.8 Å². The van der Waals surface area contributed by atoms with Gasteiger partial charge in [-0.1, -0.05) is 50.7 Å². The van der Waals surface area contributed by atoms with Crippen LogP contribution in [0, 0.1) is 41.4 Å². The molecule has 3 heteroatoms. The number of aliphatic hydroxyl groups excluding tert-OH is 1. The van der Waals surface area contributed by atoms with E-state index in [0.29, 0.717) is 30.1 Å². The number of ether oxygens (including phenoxy) is 1. The normalized spacial score (nSPS) is 42.3. The van der Waals surface area contributed by atoms with E-state index < -0.39 is 5.60 Å². The maximum Gasteiger partial charge on any atom is 0.307 e. The van der Waals surface area contributed by atoms with Gasteiger partial charge in [-0.3, -0.25) is 4.79 Å². The summed E-state index contributed by atoms with van der Waals surface area (Å²) in [6.45, 7) is 4.50. The Hall–Kier alpha value is -1.27. The predicted molar refractivity (Wildman–Crippen MR) is 120 cm³/mol. The first-order valence-electron chi connectivity index (χ1n) is 12.5. The van der Waals surface area contributed by atoms with Crippen LogP contribution in [-0.2, 0) is 9.53 Å². The number of terminal acetylenes is 1. The Balaban J connectivity index is 1.48. The summed E-state index contributed by atoms with van der Waals surface area (Å²) in [7, 11) is 0. The maximum atomic E-state index is 12.7. The van der Waals surface area contributed by atoms with Gasteiger partial charge in [0.05, 0.1) is 6.10 Å². The van der Waals surface area contributed by atoms with Crippen molar-refractivity contribution in [3.05, 3.63) is 11.6 Å². The molecule has 0 heterocycles. The lowest BCUT2D eigenvalue weighted by atomic mass is 9.50. The van der Waals surface area contributed by atoms with Crippen LogP contribution in [0.4, 0.5) is 0 Å². The number of hydrogen-bond acceptors (Lipinski definition) is 3. The summed E-state index contributed by atoms with van der Waals surface area (Å²) in [6, 6.07) is 0. The first kappa shape index (κ1) is 21.9. The molecule has 0 aromatic carbocycles. The fraction of sp³-hybridized carbons (Fsp3) is 0.815. The van der Waals surface area contributed by atoms with Gasteiger partial charge in [0.1, 0.15) is 0 Å². The van der Waals surface area contributed by atoms with Crippen molar-refractivity contribution in [3.63, 3.8) is 0 Å². The molecule has 30 heavy (non-hydrogen) atoms. The van der Waals surface area contributed by atoms with Crippen LogP contribution in [-0.4, -0.2) is 22.8 Å². The summed E-state index contributed by atoms with van der Waals surface area (Å²) < 4.78 is 6.18. The van der Waals surface area contributed by atoms with E-state index in [4.69, 9.17) is 11.2 Å². The molecule has 0 radical (unpaired) electrons. The molecule has 3 saturated carbocycles. The first-order chi connectivity index (χ1) is 14.4. The lowest BCUT2D eigenvalue weighted by Crippen LogP contribution is -2.53. The van der Waals surface area contributed by atoms with E-state index in [1.807, 2.05) is 0 Å². The van der Waals surface area contributed by atoms with Crippen LogP contribution in [0.25, 0.3) is 0 Å². The van der Waals surface area contributed by atoms with Crippen LogP contribution in [0.3, 0.4) is 0 Å². The lowest BCUT2D eigenvalue weighted by molar-refractivity contribution is -0.170. The summed E-state index contributed by atoms with van der Waals surface area (Å²) in [5, 5.41) is 10.1. The SMILES string of the molecule is C#C[C@]1(OC(=O)CCCCCC)CC[C@H]2[C@@H]3CCC4=CC(O)CC[C@@H]4[C@H]3CC[C@@]21C. The largest absolute Gasteiger partial charge is 0.445 e. The number of hydrogen-bond donors (Lipinski definition) is 1. The van der Waals surface area contributed by atoms with Crippen LogP contribution >= 0.6 is 0 Å². The van der Waals surface area contributed by atoms with Crippen LogP contribution in [0.15, 0.2) is 11.6 Å². The molecular weight excluding hydrogens is 372 g/mol. The quantitative estimate of drug-likeness (QED) is 0.259. The Morgan fingerprint density at radius 1 is 1.17 bits per heavy atom. The standard InChI is InChI=1S/C27H40O3/c1-4-6-7-8-9-25(29)30-27(5-2)17-15-24-23-12-10-19-18-20(28)11-13-21(19)22(23)14-16-26(24,27)3/h2,18,20-24,28H,4,6-17H2,1,3H3/t20?,21-,22+,23+,24-,26-,27-/m0/s1. The molecule has 0 aromatic rings. The molecule has 166 valence electrons. The summed E-state index contributed by atoms with van der Waals surface area (Å²) in [5.41, 5.74) is 0.694. The zero-order valence-electron chi connectivity index (χ0n) is 19.0. The van der Waals surface area contributed by atoms with Crippen molar-refractivity contribution in [2.75, 3.05) is 0 Å². The molecule has 4 aliphatic carbocycles. The first-order valence-corrected chi connectivity index (χ1v) is 12.5. The fourth-order valence-electron chi connectivity index (χ4n) is 7.69. The van der Waals surface area contributed by atoms with Crippen molar-refractivity contribution in [3.8, 4) is 12.3 Å². The van der Waals surface area contributed by atoms with Gasteiger partial charge in [-0.05, 0) is 81.5 Å². The Labute approximate surface area is 183 Å². The predicted octanol–water partition coefficient (Wildman–Crippen LogP) is 5.81.